The van der Waals surface area contributed by atoms with Gasteiger partial charge in [-0.25, -0.2) is 0 Å². The molecule has 0 spiro atoms. The topological polar surface area (TPSA) is 38.0 Å². The molecule has 0 aliphatic heterocycles. The van der Waals surface area contributed by atoms with Crippen LogP contribution < -0.4 is 11.3 Å². The number of hydrazine groups is 1. The monoisotopic (exact) mass is 302 g/mol. The van der Waals surface area contributed by atoms with Gasteiger partial charge in [-0.2, -0.15) is 0 Å². The van der Waals surface area contributed by atoms with E-state index in [9.17, 15) is 0 Å². The minimum atomic E-state index is 0.0818. The quantitative estimate of drug-likeness (QED) is 0.557. The molecule has 0 aliphatic rings. The zero-order valence-corrected chi connectivity index (χ0v) is 12.4. The first-order chi connectivity index (χ1) is 9.78. The first-order valence-electron chi connectivity index (χ1n) is 6.46. The molecule has 0 fully saturated rings. The highest BCUT2D eigenvalue weighted by Gasteiger charge is 2.14. The van der Waals surface area contributed by atoms with E-state index < -0.39 is 0 Å². The number of halogens is 1. The maximum Gasteiger partial charge on any atom is 0.0931 e. The summed E-state index contributed by atoms with van der Waals surface area (Å²) in [5.74, 6) is 5.72. The lowest BCUT2D eigenvalue weighted by Crippen LogP contribution is -2.29. The molecule has 4 heteroatoms. The van der Waals surface area contributed by atoms with Crippen molar-refractivity contribution in [2.24, 2.45) is 5.84 Å². The molecule has 3 aromatic rings. The Balaban J connectivity index is 1.95. The van der Waals surface area contributed by atoms with Crippen molar-refractivity contribution < 1.29 is 0 Å². The van der Waals surface area contributed by atoms with Crippen molar-refractivity contribution >= 4 is 33.7 Å². The molecule has 1 unspecified atom stereocenters. The van der Waals surface area contributed by atoms with E-state index in [-0.39, 0.29) is 6.04 Å². The van der Waals surface area contributed by atoms with E-state index in [4.69, 9.17) is 17.4 Å². The molecule has 0 saturated heterocycles. The number of thiophene rings is 1. The van der Waals surface area contributed by atoms with Crippen molar-refractivity contribution in [1.29, 1.82) is 0 Å². The van der Waals surface area contributed by atoms with Crippen LogP contribution in [0.5, 0.6) is 0 Å². The van der Waals surface area contributed by atoms with Gasteiger partial charge in [-0.05, 0) is 34.9 Å². The Morgan fingerprint density at radius 1 is 1.05 bits per heavy atom. The summed E-state index contributed by atoms with van der Waals surface area (Å²) in [5, 5.41) is 2.53. The van der Waals surface area contributed by atoms with Gasteiger partial charge in [0, 0.05) is 4.88 Å². The average molecular weight is 303 g/mol. The highest BCUT2D eigenvalue weighted by Crippen LogP contribution is 2.30. The molecule has 0 saturated carbocycles. The van der Waals surface area contributed by atoms with Gasteiger partial charge in [-0.3, -0.25) is 11.3 Å². The van der Waals surface area contributed by atoms with Crippen LogP contribution in [0.1, 0.15) is 16.5 Å². The predicted molar refractivity (Wildman–Crippen MR) is 87.0 cm³/mol. The molecule has 20 heavy (non-hydrogen) atoms. The highest BCUT2D eigenvalue weighted by molar-refractivity contribution is 7.16. The van der Waals surface area contributed by atoms with Crippen LogP contribution >= 0.6 is 22.9 Å². The molecule has 2 aromatic carbocycles. The second kappa shape index (κ2) is 5.94. The number of hydrogen-bond acceptors (Lipinski definition) is 3. The summed E-state index contributed by atoms with van der Waals surface area (Å²) in [6.45, 7) is 0. The molecular formula is C16H15ClN2S. The zero-order valence-electron chi connectivity index (χ0n) is 10.8. The van der Waals surface area contributed by atoms with Crippen LogP contribution in [0, 0.1) is 0 Å². The van der Waals surface area contributed by atoms with E-state index in [2.05, 4.69) is 47.9 Å². The van der Waals surface area contributed by atoms with Gasteiger partial charge in [0.2, 0.25) is 0 Å². The Morgan fingerprint density at radius 2 is 1.85 bits per heavy atom. The molecule has 1 atom stereocenters. The summed E-state index contributed by atoms with van der Waals surface area (Å²) in [6, 6.07) is 18.8. The number of benzene rings is 2. The minimum Gasteiger partial charge on any atom is -0.271 e. The van der Waals surface area contributed by atoms with E-state index in [1.807, 2.05) is 12.1 Å². The first kappa shape index (κ1) is 13.6. The Hall–Kier alpha value is -1.39. The van der Waals surface area contributed by atoms with E-state index in [0.29, 0.717) is 0 Å². The van der Waals surface area contributed by atoms with Crippen LogP contribution in [0.3, 0.4) is 0 Å². The molecule has 0 aliphatic carbocycles. The summed E-state index contributed by atoms with van der Waals surface area (Å²) in [4.78, 5) is 1.16. The third kappa shape index (κ3) is 2.72. The summed E-state index contributed by atoms with van der Waals surface area (Å²) < 4.78 is 0.790. The van der Waals surface area contributed by atoms with Crippen molar-refractivity contribution in [3.8, 4) is 0 Å². The molecule has 1 heterocycles. The van der Waals surface area contributed by atoms with Crippen LogP contribution in [0.4, 0.5) is 0 Å². The van der Waals surface area contributed by atoms with Gasteiger partial charge in [-0.15, -0.1) is 11.3 Å². The smallest absolute Gasteiger partial charge is 0.0931 e. The summed E-state index contributed by atoms with van der Waals surface area (Å²) in [6.07, 6.45) is 0.842. The third-order valence-corrected chi connectivity index (χ3v) is 4.79. The fourth-order valence-corrected chi connectivity index (χ4v) is 3.57. The molecule has 1 aromatic heterocycles. The summed E-state index contributed by atoms with van der Waals surface area (Å²) >= 11 is 7.58. The lowest BCUT2D eigenvalue weighted by atomic mass is 9.98. The number of nitrogens with one attached hydrogen (secondary N) is 1. The fourth-order valence-electron chi connectivity index (χ4n) is 2.45. The van der Waals surface area contributed by atoms with Gasteiger partial charge in [0.15, 0.2) is 0 Å². The van der Waals surface area contributed by atoms with Gasteiger partial charge in [-0.1, -0.05) is 54.1 Å². The van der Waals surface area contributed by atoms with E-state index in [0.717, 1.165) is 15.6 Å². The van der Waals surface area contributed by atoms with E-state index in [1.165, 1.54) is 16.3 Å². The second-order valence-electron chi connectivity index (χ2n) is 4.70. The maximum absolute atomic E-state index is 6.01. The predicted octanol–water partition coefficient (Wildman–Crippen LogP) is 4.30. The highest BCUT2D eigenvalue weighted by atomic mass is 35.5. The third-order valence-electron chi connectivity index (χ3n) is 3.44. The first-order valence-corrected chi connectivity index (χ1v) is 7.65. The largest absolute Gasteiger partial charge is 0.271 e. The number of fused-ring (bicyclic) bond motifs is 1. The standard InChI is InChI=1S/C16H15ClN2S/c17-16-9-8-15(20-16)14(19-18)10-12-6-3-5-11-4-1-2-7-13(11)12/h1-9,14,19H,10,18H2. The van der Waals surface area contributed by atoms with Gasteiger partial charge in [0.05, 0.1) is 10.4 Å². The molecule has 102 valence electrons. The Kier molecular flexibility index (Phi) is 4.03. The Labute approximate surface area is 127 Å². The van der Waals surface area contributed by atoms with Crippen LogP contribution in [-0.4, -0.2) is 0 Å². The molecule has 0 amide bonds. The van der Waals surface area contributed by atoms with Crippen molar-refractivity contribution in [1.82, 2.24) is 5.43 Å². The van der Waals surface area contributed by atoms with Crippen molar-refractivity contribution in [2.45, 2.75) is 12.5 Å². The summed E-state index contributed by atoms with van der Waals surface area (Å²) in [7, 11) is 0. The van der Waals surface area contributed by atoms with Crippen LogP contribution in [0.25, 0.3) is 10.8 Å². The Bertz CT molecular complexity index is 718. The van der Waals surface area contributed by atoms with Crippen LogP contribution in [0.2, 0.25) is 4.34 Å². The number of rotatable bonds is 4. The van der Waals surface area contributed by atoms with E-state index >= 15 is 0 Å². The molecule has 0 bridgehead atoms. The number of nitrogens with two attached hydrogens (primary N) is 1. The SMILES string of the molecule is NNC(Cc1cccc2ccccc12)c1ccc(Cl)s1. The molecular weight excluding hydrogens is 288 g/mol. The molecule has 3 rings (SSSR count). The minimum absolute atomic E-state index is 0.0818. The van der Waals surface area contributed by atoms with Gasteiger partial charge in [0.25, 0.3) is 0 Å². The fraction of sp³-hybridized carbons (Fsp3) is 0.125. The summed E-state index contributed by atoms with van der Waals surface area (Å²) in [5.41, 5.74) is 4.18. The molecule has 3 N–H and O–H groups in total. The second-order valence-corrected chi connectivity index (χ2v) is 6.45. The van der Waals surface area contributed by atoms with Crippen LogP contribution in [0.15, 0.2) is 54.6 Å². The lowest BCUT2D eigenvalue weighted by molar-refractivity contribution is 0.562. The normalized spacial score (nSPS) is 12.7. The molecule has 0 radical (unpaired) electrons. The molecule has 2 nitrogen and oxygen atoms in total. The number of hydrogen-bond donors (Lipinski definition) is 2. The Morgan fingerprint density at radius 3 is 2.60 bits per heavy atom. The zero-order chi connectivity index (χ0) is 13.9. The van der Waals surface area contributed by atoms with Crippen molar-refractivity contribution in [2.75, 3.05) is 0 Å². The van der Waals surface area contributed by atoms with Crippen molar-refractivity contribution in [3.05, 3.63) is 69.4 Å². The van der Waals surface area contributed by atoms with Crippen LogP contribution in [-0.2, 0) is 6.42 Å². The van der Waals surface area contributed by atoms with Gasteiger partial charge < -0.3 is 0 Å². The average Bonchev–Trinajstić information content (AvgIpc) is 2.91. The van der Waals surface area contributed by atoms with Crippen molar-refractivity contribution in [3.63, 3.8) is 0 Å². The van der Waals surface area contributed by atoms with Gasteiger partial charge >= 0.3 is 0 Å². The van der Waals surface area contributed by atoms with Gasteiger partial charge in [0.1, 0.15) is 0 Å². The lowest BCUT2D eigenvalue weighted by Gasteiger charge is -2.15. The maximum atomic E-state index is 6.01. The van der Waals surface area contributed by atoms with E-state index in [1.54, 1.807) is 11.3 Å².